The second kappa shape index (κ2) is 9.05. The molecule has 1 amide bonds. The molecular formula is C20H17N3O5S. The van der Waals surface area contributed by atoms with Gasteiger partial charge in [-0.1, -0.05) is 12.1 Å². The minimum atomic E-state index is -3.78. The second-order valence-electron chi connectivity index (χ2n) is 5.91. The van der Waals surface area contributed by atoms with E-state index in [4.69, 9.17) is 14.4 Å². The monoisotopic (exact) mass is 411 g/mol. The third-order valence-electron chi connectivity index (χ3n) is 3.78. The summed E-state index contributed by atoms with van der Waals surface area (Å²) < 4.78 is 37.7. The van der Waals surface area contributed by atoms with Gasteiger partial charge in [-0.15, -0.1) is 0 Å². The van der Waals surface area contributed by atoms with E-state index in [1.807, 2.05) is 6.07 Å². The van der Waals surface area contributed by atoms with E-state index in [1.165, 1.54) is 30.5 Å². The summed E-state index contributed by atoms with van der Waals surface area (Å²) in [5, 5.41) is 11.5. The van der Waals surface area contributed by atoms with Crippen LogP contribution in [0.3, 0.4) is 0 Å². The van der Waals surface area contributed by atoms with Gasteiger partial charge in [0.2, 0.25) is 10.0 Å². The summed E-state index contributed by atoms with van der Waals surface area (Å²) in [5.41, 5.74) is 0.730. The lowest BCUT2D eigenvalue weighted by Crippen LogP contribution is -2.24. The molecular weight excluding hydrogens is 394 g/mol. The first-order valence-corrected chi connectivity index (χ1v) is 9.99. The Morgan fingerprint density at radius 2 is 1.93 bits per heavy atom. The van der Waals surface area contributed by atoms with Gasteiger partial charge in [-0.3, -0.25) is 4.79 Å². The molecule has 0 atom stereocenters. The van der Waals surface area contributed by atoms with Crippen molar-refractivity contribution in [2.24, 2.45) is 0 Å². The molecule has 8 nitrogen and oxygen atoms in total. The number of ether oxygens (including phenoxy) is 1. The van der Waals surface area contributed by atoms with Crippen LogP contribution >= 0.6 is 0 Å². The summed E-state index contributed by atoms with van der Waals surface area (Å²) in [6, 6.07) is 17.6. The first-order chi connectivity index (χ1) is 14.0. The maximum Gasteiger partial charge on any atom is 0.262 e. The van der Waals surface area contributed by atoms with E-state index in [0.717, 1.165) is 0 Å². The molecule has 9 heteroatoms. The molecule has 3 rings (SSSR count). The lowest BCUT2D eigenvalue weighted by Gasteiger charge is -2.10. The maximum atomic E-state index is 12.4. The zero-order valence-corrected chi connectivity index (χ0v) is 16.0. The maximum absolute atomic E-state index is 12.4. The Balaban J connectivity index is 1.59. The number of benzene rings is 2. The SMILES string of the molecule is N#Cc1cccc(OCC(=O)Nc2cccc(S(=O)(=O)NCc3ccco3)c2)c1. The van der Waals surface area contributed by atoms with Crippen molar-refractivity contribution in [3.05, 3.63) is 78.3 Å². The normalized spacial score (nSPS) is 10.9. The minimum Gasteiger partial charge on any atom is -0.484 e. The Morgan fingerprint density at radius 1 is 1.10 bits per heavy atom. The molecule has 0 spiro atoms. The average molecular weight is 411 g/mol. The summed E-state index contributed by atoms with van der Waals surface area (Å²) in [7, 11) is -3.78. The van der Waals surface area contributed by atoms with Gasteiger partial charge in [0, 0.05) is 5.69 Å². The quantitative estimate of drug-likeness (QED) is 0.588. The number of rotatable bonds is 8. The highest BCUT2D eigenvalue weighted by Crippen LogP contribution is 2.17. The fourth-order valence-electron chi connectivity index (χ4n) is 2.41. The lowest BCUT2D eigenvalue weighted by atomic mass is 10.2. The molecule has 3 aromatic rings. The molecule has 0 saturated heterocycles. The summed E-state index contributed by atoms with van der Waals surface area (Å²) in [6.07, 6.45) is 1.46. The summed E-state index contributed by atoms with van der Waals surface area (Å²) >= 11 is 0. The van der Waals surface area contributed by atoms with Crippen molar-refractivity contribution < 1.29 is 22.4 Å². The minimum absolute atomic E-state index is 0.00416. The molecule has 0 radical (unpaired) electrons. The molecule has 1 aromatic heterocycles. The molecule has 0 bridgehead atoms. The van der Waals surface area contributed by atoms with E-state index in [-0.39, 0.29) is 18.0 Å². The topological polar surface area (TPSA) is 121 Å². The van der Waals surface area contributed by atoms with Gasteiger partial charge in [-0.05, 0) is 48.5 Å². The molecule has 0 aliphatic carbocycles. The van der Waals surface area contributed by atoms with Crippen molar-refractivity contribution >= 4 is 21.6 Å². The highest BCUT2D eigenvalue weighted by atomic mass is 32.2. The van der Waals surface area contributed by atoms with E-state index < -0.39 is 15.9 Å². The summed E-state index contributed by atoms with van der Waals surface area (Å²) in [6.45, 7) is -0.274. The van der Waals surface area contributed by atoms with Crippen LogP contribution in [0.1, 0.15) is 11.3 Å². The molecule has 2 N–H and O–H groups in total. The molecule has 29 heavy (non-hydrogen) atoms. The van der Waals surface area contributed by atoms with Crippen LogP contribution in [0.5, 0.6) is 5.75 Å². The number of carbonyl (C=O) groups excluding carboxylic acids is 1. The Hall–Kier alpha value is -3.61. The van der Waals surface area contributed by atoms with Crippen molar-refractivity contribution in [1.82, 2.24) is 4.72 Å². The molecule has 0 aliphatic rings. The van der Waals surface area contributed by atoms with Crippen molar-refractivity contribution in [2.45, 2.75) is 11.4 Å². The zero-order valence-electron chi connectivity index (χ0n) is 15.2. The summed E-state index contributed by atoms with van der Waals surface area (Å²) in [4.78, 5) is 12.1. The number of carbonyl (C=O) groups is 1. The molecule has 0 saturated carbocycles. The van der Waals surface area contributed by atoms with Crippen LogP contribution in [0.15, 0.2) is 76.2 Å². The van der Waals surface area contributed by atoms with Crippen molar-refractivity contribution in [3.8, 4) is 11.8 Å². The van der Waals surface area contributed by atoms with Crippen molar-refractivity contribution in [1.29, 1.82) is 5.26 Å². The van der Waals surface area contributed by atoms with Gasteiger partial charge in [0.15, 0.2) is 6.61 Å². The van der Waals surface area contributed by atoms with E-state index in [2.05, 4.69) is 10.0 Å². The Labute approximate surface area is 167 Å². The van der Waals surface area contributed by atoms with Crippen LogP contribution < -0.4 is 14.8 Å². The van der Waals surface area contributed by atoms with Crippen molar-refractivity contribution in [2.75, 3.05) is 11.9 Å². The smallest absolute Gasteiger partial charge is 0.262 e. The molecule has 2 aromatic carbocycles. The van der Waals surface area contributed by atoms with Crippen LogP contribution in [-0.4, -0.2) is 20.9 Å². The average Bonchev–Trinajstić information content (AvgIpc) is 3.25. The zero-order chi connectivity index (χ0) is 20.7. The number of nitriles is 1. The third-order valence-corrected chi connectivity index (χ3v) is 5.18. The standard InChI is InChI=1S/C20H17N3O5S/c21-12-15-4-1-6-17(10-15)28-14-20(24)23-16-5-2-8-19(11-16)29(25,26)22-13-18-7-3-9-27-18/h1-11,22H,13-14H2,(H,23,24). The number of sulfonamides is 1. The Morgan fingerprint density at radius 3 is 2.69 bits per heavy atom. The number of amides is 1. The molecule has 0 unspecified atom stereocenters. The van der Waals surface area contributed by atoms with Gasteiger partial charge in [0.05, 0.1) is 29.3 Å². The molecule has 148 valence electrons. The van der Waals surface area contributed by atoms with Crippen LogP contribution in [0.2, 0.25) is 0 Å². The van der Waals surface area contributed by atoms with E-state index in [9.17, 15) is 13.2 Å². The number of hydrogen-bond donors (Lipinski definition) is 2. The largest absolute Gasteiger partial charge is 0.484 e. The van der Waals surface area contributed by atoms with Gasteiger partial charge >= 0.3 is 0 Å². The second-order valence-corrected chi connectivity index (χ2v) is 7.68. The number of nitrogens with zero attached hydrogens (tertiary/aromatic N) is 1. The first-order valence-electron chi connectivity index (χ1n) is 8.51. The van der Waals surface area contributed by atoms with Gasteiger partial charge < -0.3 is 14.5 Å². The van der Waals surface area contributed by atoms with Crippen LogP contribution in [0, 0.1) is 11.3 Å². The fourth-order valence-corrected chi connectivity index (χ4v) is 3.44. The molecule has 0 aliphatic heterocycles. The van der Waals surface area contributed by atoms with Gasteiger partial charge in [0.25, 0.3) is 5.91 Å². The van der Waals surface area contributed by atoms with E-state index in [1.54, 1.807) is 36.4 Å². The fraction of sp³-hybridized carbons (Fsp3) is 0.100. The Bertz CT molecular complexity index is 1130. The van der Waals surface area contributed by atoms with Gasteiger partial charge in [-0.25, -0.2) is 13.1 Å². The molecule has 1 heterocycles. The number of anilines is 1. The van der Waals surface area contributed by atoms with E-state index in [0.29, 0.717) is 22.8 Å². The van der Waals surface area contributed by atoms with Gasteiger partial charge in [0.1, 0.15) is 11.5 Å². The number of furan rings is 1. The van der Waals surface area contributed by atoms with Crippen LogP contribution in [0.4, 0.5) is 5.69 Å². The number of hydrogen-bond acceptors (Lipinski definition) is 6. The highest BCUT2D eigenvalue weighted by molar-refractivity contribution is 7.89. The van der Waals surface area contributed by atoms with Gasteiger partial charge in [-0.2, -0.15) is 5.26 Å². The highest BCUT2D eigenvalue weighted by Gasteiger charge is 2.15. The van der Waals surface area contributed by atoms with Crippen LogP contribution in [0.25, 0.3) is 0 Å². The predicted octanol–water partition coefficient (Wildman–Crippen LogP) is 2.65. The Kier molecular flexibility index (Phi) is 6.29. The third kappa shape index (κ3) is 5.68. The first kappa shape index (κ1) is 20.1. The summed E-state index contributed by atoms with van der Waals surface area (Å²) in [5.74, 6) is 0.402. The van der Waals surface area contributed by atoms with E-state index >= 15 is 0 Å². The van der Waals surface area contributed by atoms with Crippen LogP contribution in [-0.2, 0) is 21.4 Å². The molecule has 0 fully saturated rings. The lowest BCUT2D eigenvalue weighted by molar-refractivity contribution is -0.118. The predicted molar refractivity (Wildman–Crippen MR) is 104 cm³/mol. The number of nitrogens with one attached hydrogen (secondary N) is 2. The van der Waals surface area contributed by atoms with Crippen molar-refractivity contribution in [3.63, 3.8) is 0 Å².